The molecule has 0 aromatic heterocycles. The fourth-order valence-electron chi connectivity index (χ4n) is 3.13. The van der Waals surface area contributed by atoms with Crippen molar-refractivity contribution in [1.29, 1.82) is 0 Å². The molecule has 3 nitrogen and oxygen atoms in total. The average Bonchev–Trinajstić information content (AvgIpc) is 3.03. The van der Waals surface area contributed by atoms with Gasteiger partial charge in [0.15, 0.2) is 0 Å². The summed E-state index contributed by atoms with van der Waals surface area (Å²) in [6, 6.07) is 16.8. The van der Waals surface area contributed by atoms with Gasteiger partial charge >= 0.3 is 0 Å². The molecule has 0 unspecified atom stereocenters. The molecule has 3 rings (SSSR count). The minimum atomic E-state index is 0.292. The fraction of sp³-hybridized carbons (Fsp3) is 0.368. The Morgan fingerprint density at radius 1 is 1.14 bits per heavy atom. The number of aliphatic hydroxyl groups excluding tert-OH is 1. The maximum Gasteiger partial charge on any atom is 0.123 e. The summed E-state index contributed by atoms with van der Waals surface area (Å²) in [5.41, 5.74) is 3.59. The minimum absolute atomic E-state index is 0.292. The third kappa shape index (κ3) is 3.32. The molecule has 0 aliphatic carbocycles. The SMILES string of the molecule is COc1cc(-c2ccccc2)ccc1CN1CC[C@@H](CO)C1. The van der Waals surface area contributed by atoms with E-state index >= 15 is 0 Å². The molecule has 2 aromatic rings. The first-order valence-electron chi connectivity index (χ1n) is 7.85. The summed E-state index contributed by atoms with van der Waals surface area (Å²) in [6.07, 6.45) is 1.08. The molecule has 0 saturated carbocycles. The van der Waals surface area contributed by atoms with Crippen molar-refractivity contribution in [3.8, 4) is 16.9 Å². The number of hydrogen-bond donors (Lipinski definition) is 1. The number of ether oxygens (including phenoxy) is 1. The lowest BCUT2D eigenvalue weighted by atomic mass is 10.0. The van der Waals surface area contributed by atoms with Crippen molar-refractivity contribution in [1.82, 2.24) is 4.90 Å². The highest BCUT2D eigenvalue weighted by Gasteiger charge is 2.22. The number of aliphatic hydroxyl groups is 1. The van der Waals surface area contributed by atoms with Crippen LogP contribution >= 0.6 is 0 Å². The van der Waals surface area contributed by atoms with Gasteiger partial charge < -0.3 is 9.84 Å². The first kappa shape index (κ1) is 15.1. The van der Waals surface area contributed by atoms with Crippen LogP contribution in [0.1, 0.15) is 12.0 Å². The van der Waals surface area contributed by atoms with Crippen LogP contribution in [0.15, 0.2) is 48.5 Å². The zero-order chi connectivity index (χ0) is 15.4. The van der Waals surface area contributed by atoms with E-state index in [2.05, 4.69) is 47.4 Å². The van der Waals surface area contributed by atoms with Crippen molar-refractivity contribution in [3.05, 3.63) is 54.1 Å². The Morgan fingerprint density at radius 2 is 1.95 bits per heavy atom. The molecule has 0 amide bonds. The Kier molecular flexibility index (Phi) is 4.76. The lowest BCUT2D eigenvalue weighted by Gasteiger charge is -2.18. The van der Waals surface area contributed by atoms with Gasteiger partial charge in [-0.05, 0) is 36.1 Å². The average molecular weight is 297 g/mol. The summed E-state index contributed by atoms with van der Waals surface area (Å²) >= 11 is 0. The van der Waals surface area contributed by atoms with E-state index in [0.717, 1.165) is 31.8 Å². The van der Waals surface area contributed by atoms with E-state index in [1.165, 1.54) is 16.7 Å². The Balaban J connectivity index is 1.78. The highest BCUT2D eigenvalue weighted by Crippen LogP contribution is 2.29. The maximum atomic E-state index is 9.26. The third-order valence-corrected chi connectivity index (χ3v) is 4.42. The van der Waals surface area contributed by atoms with Crippen LogP contribution in [0.5, 0.6) is 5.75 Å². The second-order valence-corrected chi connectivity index (χ2v) is 5.97. The number of rotatable bonds is 5. The van der Waals surface area contributed by atoms with Crippen LogP contribution in [-0.4, -0.2) is 36.8 Å². The second-order valence-electron chi connectivity index (χ2n) is 5.97. The normalized spacial score (nSPS) is 18.5. The monoisotopic (exact) mass is 297 g/mol. The lowest BCUT2D eigenvalue weighted by molar-refractivity contribution is 0.219. The van der Waals surface area contributed by atoms with Crippen molar-refractivity contribution in [3.63, 3.8) is 0 Å². The van der Waals surface area contributed by atoms with Crippen LogP contribution in [0.3, 0.4) is 0 Å². The summed E-state index contributed by atoms with van der Waals surface area (Å²) in [7, 11) is 1.73. The van der Waals surface area contributed by atoms with Crippen molar-refractivity contribution in [2.75, 3.05) is 26.8 Å². The van der Waals surface area contributed by atoms with Gasteiger partial charge in [-0.15, -0.1) is 0 Å². The van der Waals surface area contributed by atoms with Gasteiger partial charge in [-0.25, -0.2) is 0 Å². The van der Waals surface area contributed by atoms with Gasteiger partial charge in [0.25, 0.3) is 0 Å². The van der Waals surface area contributed by atoms with Crippen LogP contribution < -0.4 is 4.74 Å². The van der Waals surface area contributed by atoms with Gasteiger partial charge in [0.1, 0.15) is 5.75 Å². The lowest BCUT2D eigenvalue weighted by Crippen LogP contribution is -2.21. The van der Waals surface area contributed by atoms with Crippen LogP contribution in [0.2, 0.25) is 0 Å². The molecule has 1 atom stereocenters. The third-order valence-electron chi connectivity index (χ3n) is 4.42. The van der Waals surface area contributed by atoms with Gasteiger partial charge in [0.05, 0.1) is 7.11 Å². The second kappa shape index (κ2) is 6.95. The molecule has 1 saturated heterocycles. The molecule has 116 valence electrons. The van der Waals surface area contributed by atoms with E-state index in [1.54, 1.807) is 7.11 Å². The van der Waals surface area contributed by atoms with E-state index in [-0.39, 0.29) is 0 Å². The quantitative estimate of drug-likeness (QED) is 0.920. The number of nitrogens with zero attached hydrogens (tertiary/aromatic N) is 1. The molecular formula is C19H23NO2. The predicted octanol–water partition coefficient (Wildman–Crippen LogP) is 3.18. The van der Waals surface area contributed by atoms with E-state index < -0.39 is 0 Å². The van der Waals surface area contributed by atoms with Gasteiger partial charge in [-0.3, -0.25) is 4.90 Å². The molecule has 3 heteroatoms. The first-order chi connectivity index (χ1) is 10.8. The molecular weight excluding hydrogens is 274 g/mol. The van der Waals surface area contributed by atoms with Crippen LogP contribution in [0.4, 0.5) is 0 Å². The predicted molar refractivity (Wildman–Crippen MR) is 88.9 cm³/mol. The molecule has 2 aromatic carbocycles. The Bertz CT molecular complexity index is 612. The van der Waals surface area contributed by atoms with E-state index in [4.69, 9.17) is 4.74 Å². The maximum absolute atomic E-state index is 9.26. The molecule has 1 aliphatic rings. The van der Waals surface area contributed by atoms with Gasteiger partial charge in [0, 0.05) is 25.3 Å². The molecule has 22 heavy (non-hydrogen) atoms. The van der Waals surface area contributed by atoms with Crippen molar-refractivity contribution in [2.24, 2.45) is 5.92 Å². The molecule has 0 radical (unpaired) electrons. The fourth-order valence-corrected chi connectivity index (χ4v) is 3.13. The van der Waals surface area contributed by atoms with Gasteiger partial charge in [-0.1, -0.05) is 42.5 Å². The standard InChI is InChI=1S/C19H23NO2/c1-22-19-11-17(16-5-3-2-4-6-16)7-8-18(19)13-20-10-9-15(12-20)14-21/h2-8,11,15,21H,9-10,12-14H2,1H3/t15-/m1/s1. The van der Waals surface area contributed by atoms with Gasteiger partial charge in [0.2, 0.25) is 0 Å². The highest BCUT2D eigenvalue weighted by molar-refractivity contribution is 5.66. The Hall–Kier alpha value is -1.84. The van der Waals surface area contributed by atoms with Crippen LogP contribution in [-0.2, 0) is 6.54 Å². The molecule has 1 N–H and O–H groups in total. The molecule has 0 spiro atoms. The van der Waals surface area contributed by atoms with Crippen molar-refractivity contribution >= 4 is 0 Å². The van der Waals surface area contributed by atoms with Crippen LogP contribution in [0, 0.1) is 5.92 Å². The molecule has 1 aliphatic heterocycles. The molecule has 1 fully saturated rings. The van der Waals surface area contributed by atoms with Crippen molar-refractivity contribution < 1.29 is 9.84 Å². The zero-order valence-electron chi connectivity index (χ0n) is 13.0. The molecule has 1 heterocycles. The largest absolute Gasteiger partial charge is 0.496 e. The Morgan fingerprint density at radius 3 is 2.64 bits per heavy atom. The summed E-state index contributed by atoms with van der Waals surface area (Å²) in [5.74, 6) is 1.36. The summed E-state index contributed by atoms with van der Waals surface area (Å²) < 4.78 is 5.59. The number of likely N-dealkylation sites (tertiary alicyclic amines) is 1. The Labute approximate surface area is 132 Å². The smallest absolute Gasteiger partial charge is 0.123 e. The molecule has 0 bridgehead atoms. The first-order valence-corrected chi connectivity index (χ1v) is 7.85. The minimum Gasteiger partial charge on any atom is -0.496 e. The van der Waals surface area contributed by atoms with Crippen LogP contribution in [0.25, 0.3) is 11.1 Å². The van der Waals surface area contributed by atoms with Crippen molar-refractivity contribution in [2.45, 2.75) is 13.0 Å². The van der Waals surface area contributed by atoms with E-state index in [9.17, 15) is 5.11 Å². The summed E-state index contributed by atoms with van der Waals surface area (Å²) in [6.45, 7) is 3.20. The topological polar surface area (TPSA) is 32.7 Å². The van der Waals surface area contributed by atoms with E-state index in [0.29, 0.717) is 12.5 Å². The zero-order valence-corrected chi connectivity index (χ0v) is 13.0. The number of methoxy groups -OCH3 is 1. The van der Waals surface area contributed by atoms with Gasteiger partial charge in [-0.2, -0.15) is 0 Å². The summed E-state index contributed by atoms with van der Waals surface area (Å²) in [4.78, 5) is 2.39. The summed E-state index contributed by atoms with van der Waals surface area (Å²) in [5, 5.41) is 9.26. The number of benzene rings is 2. The highest BCUT2D eigenvalue weighted by atomic mass is 16.5. The number of hydrogen-bond acceptors (Lipinski definition) is 3. The van der Waals surface area contributed by atoms with E-state index in [1.807, 2.05) is 6.07 Å².